The second kappa shape index (κ2) is 2.11. The molecule has 0 aliphatic heterocycles. The number of rotatable bonds is 1. The molecule has 11 heavy (non-hydrogen) atoms. The van der Waals surface area contributed by atoms with Crippen LogP contribution in [0.5, 0.6) is 0 Å². The molecule has 0 bridgehead atoms. The highest BCUT2D eigenvalue weighted by Gasteiger charge is 2.38. The number of aryl methyl sites for hydroxylation is 1. The summed E-state index contributed by atoms with van der Waals surface area (Å²) in [5.41, 5.74) is 7.13. The number of hydrogen-bond donors (Lipinski definition) is 1. The first-order valence-corrected chi connectivity index (χ1v) is 4.06. The predicted octanol–water partition coefficient (Wildman–Crippen LogP) is 1.93. The minimum absolute atomic E-state index is 0.131. The van der Waals surface area contributed by atoms with Crippen LogP contribution in [0.15, 0.2) is 16.7 Å². The second-order valence-corrected chi connectivity index (χ2v) is 3.44. The van der Waals surface area contributed by atoms with E-state index in [1.54, 1.807) is 6.26 Å². The van der Waals surface area contributed by atoms with Crippen LogP contribution in [0.1, 0.15) is 30.6 Å². The van der Waals surface area contributed by atoms with E-state index in [2.05, 4.69) is 0 Å². The third kappa shape index (κ3) is 0.897. The summed E-state index contributed by atoms with van der Waals surface area (Å²) in [7, 11) is 0. The predicted molar refractivity (Wildman–Crippen MR) is 43.2 cm³/mol. The highest BCUT2D eigenvalue weighted by Crippen LogP contribution is 2.40. The van der Waals surface area contributed by atoms with Gasteiger partial charge in [0.05, 0.1) is 11.8 Å². The maximum atomic E-state index is 6.08. The van der Waals surface area contributed by atoms with Crippen LogP contribution in [-0.4, -0.2) is 0 Å². The van der Waals surface area contributed by atoms with Gasteiger partial charge in [0, 0.05) is 0 Å². The number of furan rings is 1. The van der Waals surface area contributed by atoms with E-state index in [-0.39, 0.29) is 5.54 Å². The van der Waals surface area contributed by atoms with Gasteiger partial charge in [0.1, 0.15) is 5.76 Å². The van der Waals surface area contributed by atoms with E-state index in [1.807, 2.05) is 13.0 Å². The van der Waals surface area contributed by atoms with Gasteiger partial charge in [0.25, 0.3) is 0 Å². The molecule has 0 aromatic carbocycles. The van der Waals surface area contributed by atoms with E-state index >= 15 is 0 Å². The van der Waals surface area contributed by atoms with Crippen LogP contribution >= 0.6 is 0 Å². The summed E-state index contributed by atoms with van der Waals surface area (Å²) in [5.74, 6) is 0.990. The molecule has 1 fully saturated rings. The van der Waals surface area contributed by atoms with Crippen molar-refractivity contribution in [3.8, 4) is 0 Å². The Morgan fingerprint density at radius 2 is 2.27 bits per heavy atom. The lowest BCUT2D eigenvalue weighted by Crippen LogP contribution is -2.43. The zero-order valence-corrected chi connectivity index (χ0v) is 6.76. The summed E-state index contributed by atoms with van der Waals surface area (Å²) in [5, 5.41) is 0. The maximum Gasteiger partial charge on any atom is 0.126 e. The molecule has 0 radical (unpaired) electrons. The normalized spacial score (nSPS) is 21.3. The smallest absolute Gasteiger partial charge is 0.126 e. The minimum atomic E-state index is -0.131. The van der Waals surface area contributed by atoms with E-state index in [0.717, 1.165) is 18.6 Å². The largest absolute Gasteiger partial charge is 0.467 e. The maximum absolute atomic E-state index is 6.08. The lowest BCUT2D eigenvalue weighted by atomic mass is 9.75. The summed E-state index contributed by atoms with van der Waals surface area (Å²) < 4.78 is 5.35. The van der Waals surface area contributed by atoms with Gasteiger partial charge in [0.2, 0.25) is 0 Å². The molecular formula is C9H13NO. The standard InChI is InChI=1S/C9H13NO/c1-7-3-6-11-8(7)9(10)4-2-5-9/h3,6H,2,4-5,10H2,1H3. The number of hydrogen-bond acceptors (Lipinski definition) is 2. The van der Waals surface area contributed by atoms with Crippen LogP contribution in [0.2, 0.25) is 0 Å². The minimum Gasteiger partial charge on any atom is -0.467 e. The molecule has 1 aliphatic rings. The van der Waals surface area contributed by atoms with Crippen molar-refractivity contribution in [2.75, 3.05) is 0 Å². The molecule has 0 saturated heterocycles. The van der Waals surface area contributed by atoms with Gasteiger partial charge in [-0.2, -0.15) is 0 Å². The summed E-state index contributed by atoms with van der Waals surface area (Å²) >= 11 is 0. The first kappa shape index (κ1) is 6.92. The molecule has 60 valence electrons. The van der Waals surface area contributed by atoms with Crippen LogP contribution < -0.4 is 5.73 Å². The van der Waals surface area contributed by atoms with Gasteiger partial charge in [-0.3, -0.25) is 0 Å². The van der Waals surface area contributed by atoms with Gasteiger partial charge < -0.3 is 10.2 Å². The lowest BCUT2D eigenvalue weighted by Gasteiger charge is -2.36. The molecule has 0 spiro atoms. The highest BCUT2D eigenvalue weighted by atomic mass is 16.3. The van der Waals surface area contributed by atoms with Crippen molar-refractivity contribution in [2.24, 2.45) is 5.73 Å². The van der Waals surface area contributed by atoms with Crippen LogP contribution in [-0.2, 0) is 5.54 Å². The molecule has 0 unspecified atom stereocenters. The molecule has 1 saturated carbocycles. The molecule has 0 atom stereocenters. The van der Waals surface area contributed by atoms with Gasteiger partial charge in [-0.05, 0) is 37.8 Å². The molecule has 1 heterocycles. The number of nitrogens with two attached hydrogens (primary N) is 1. The molecule has 1 aromatic rings. The van der Waals surface area contributed by atoms with Crippen LogP contribution in [0.3, 0.4) is 0 Å². The Kier molecular flexibility index (Phi) is 1.33. The monoisotopic (exact) mass is 151 g/mol. The van der Waals surface area contributed by atoms with E-state index in [1.165, 1.54) is 12.0 Å². The fourth-order valence-corrected chi connectivity index (χ4v) is 1.67. The summed E-state index contributed by atoms with van der Waals surface area (Å²) in [4.78, 5) is 0. The SMILES string of the molecule is Cc1ccoc1C1(N)CCC1. The van der Waals surface area contributed by atoms with E-state index in [9.17, 15) is 0 Å². The van der Waals surface area contributed by atoms with E-state index in [4.69, 9.17) is 10.2 Å². The van der Waals surface area contributed by atoms with E-state index in [0.29, 0.717) is 0 Å². The summed E-state index contributed by atoms with van der Waals surface area (Å²) in [6.07, 6.45) is 5.09. The van der Waals surface area contributed by atoms with Gasteiger partial charge in [-0.15, -0.1) is 0 Å². The third-order valence-electron chi connectivity index (χ3n) is 2.56. The fraction of sp³-hybridized carbons (Fsp3) is 0.556. The van der Waals surface area contributed by atoms with Crippen molar-refractivity contribution in [2.45, 2.75) is 31.7 Å². The molecule has 1 aliphatic carbocycles. The fourth-order valence-electron chi connectivity index (χ4n) is 1.67. The van der Waals surface area contributed by atoms with Crippen molar-refractivity contribution in [3.05, 3.63) is 23.7 Å². The van der Waals surface area contributed by atoms with Crippen molar-refractivity contribution in [3.63, 3.8) is 0 Å². The third-order valence-corrected chi connectivity index (χ3v) is 2.56. The zero-order valence-electron chi connectivity index (χ0n) is 6.76. The Morgan fingerprint density at radius 3 is 2.64 bits per heavy atom. The highest BCUT2D eigenvalue weighted by molar-refractivity contribution is 5.24. The van der Waals surface area contributed by atoms with Gasteiger partial charge in [-0.25, -0.2) is 0 Å². The van der Waals surface area contributed by atoms with E-state index < -0.39 is 0 Å². The Hall–Kier alpha value is -0.760. The average Bonchev–Trinajstić information content (AvgIpc) is 2.30. The Bertz CT molecular complexity index is 260. The molecular weight excluding hydrogens is 138 g/mol. The molecule has 2 N–H and O–H groups in total. The van der Waals surface area contributed by atoms with Crippen LogP contribution in [0.4, 0.5) is 0 Å². The van der Waals surface area contributed by atoms with Gasteiger partial charge in [-0.1, -0.05) is 0 Å². The quantitative estimate of drug-likeness (QED) is 0.666. The van der Waals surface area contributed by atoms with Crippen LogP contribution in [0, 0.1) is 6.92 Å². The molecule has 0 amide bonds. The molecule has 1 aromatic heterocycles. The lowest BCUT2D eigenvalue weighted by molar-refractivity contribution is 0.206. The van der Waals surface area contributed by atoms with Crippen molar-refractivity contribution >= 4 is 0 Å². The van der Waals surface area contributed by atoms with Crippen LogP contribution in [0.25, 0.3) is 0 Å². The average molecular weight is 151 g/mol. The Labute approximate surface area is 66.4 Å². The van der Waals surface area contributed by atoms with Crippen molar-refractivity contribution in [1.29, 1.82) is 0 Å². The second-order valence-electron chi connectivity index (χ2n) is 3.44. The Morgan fingerprint density at radius 1 is 1.55 bits per heavy atom. The zero-order chi connectivity index (χ0) is 7.90. The Balaban J connectivity index is 2.35. The van der Waals surface area contributed by atoms with Crippen molar-refractivity contribution < 1.29 is 4.42 Å². The molecule has 2 rings (SSSR count). The van der Waals surface area contributed by atoms with Gasteiger partial charge >= 0.3 is 0 Å². The van der Waals surface area contributed by atoms with Crippen molar-refractivity contribution in [1.82, 2.24) is 0 Å². The molecule has 2 nitrogen and oxygen atoms in total. The topological polar surface area (TPSA) is 39.2 Å². The summed E-state index contributed by atoms with van der Waals surface area (Å²) in [6.45, 7) is 2.05. The first-order chi connectivity index (χ1) is 5.22. The molecule has 2 heteroatoms. The van der Waals surface area contributed by atoms with Gasteiger partial charge in [0.15, 0.2) is 0 Å². The first-order valence-electron chi connectivity index (χ1n) is 4.06. The summed E-state index contributed by atoms with van der Waals surface area (Å²) in [6, 6.07) is 1.97.